The second kappa shape index (κ2) is 6.69. The minimum Gasteiger partial charge on any atom is -0.430 e. The van der Waals surface area contributed by atoms with E-state index in [-0.39, 0.29) is 27.5 Å². The number of rotatable bonds is 5. The van der Waals surface area contributed by atoms with E-state index in [0.29, 0.717) is 12.0 Å². The van der Waals surface area contributed by atoms with Crippen LogP contribution in [0.25, 0.3) is 0 Å². The summed E-state index contributed by atoms with van der Waals surface area (Å²) in [6, 6.07) is 4.29. The van der Waals surface area contributed by atoms with Crippen LogP contribution >= 0.6 is 23.2 Å². The molecule has 1 aromatic carbocycles. The predicted octanol–water partition coefficient (Wildman–Crippen LogP) is 4.44. The zero-order chi connectivity index (χ0) is 15.4. The van der Waals surface area contributed by atoms with E-state index >= 15 is 0 Å². The maximum Gasteiger partial charge on any atom is 0.313 e. The van der Waals surface area contributed by atoms with Gasteiger partial charge in [-0.2, -0.15) is 0 Å². The van der Waals surface area contributed by atoms with Crippen LogP contribution in [-0.4, -0.2) is 14.9 Å². The highest BCUT2D eigenvalue weighted by Crippen LogP contribution is 2.38. The summed E-state index contributed by atoms with van der Waals surface area (Å²) in [5, 5.41) is 11.4. The van der Waals surface area contributed by atoms with E-state index in [0.717, 1.165) is 6.42 Å². The summed E-state index contributed by atoms with van der Waals surface area (Å²) in [5.41, 5.74) is 0.357. The Bertz CT molecular complexity index is 680. The van der Waals surface area contributed by atoms with E-state index in [9.17, 15) is 10.1 Å². The Kier molecular flexibility index (Phi) is 4.93. The molecule has 2 rings (SSSR count). The van der Waals surface area contributed by atoms with Crippen LogP contribution in [0.1, 0.15) is 18.9 Å². The SMILES string of the molecule is CCCc1c(Cl)ncnc1Oc1c(Cl)cccc1[N+](=O)[O-]. The summed E-state index contributed by atoms with van der Waals surface area (Å²) in [6.07, 6.45) is 2.63. The summed E-state index contributed by atoms with van der Waals surface area (Å²) < 4.78 is 5.56. The standard InChI is InChI=1S/C13H11Cl2N3O3/c1-2-4-8-12(15)16-7-17-13(8)21-11-9(14)5-3-6-10(11)18(19)20/h3,5-7H,2,4H2,1H3. The molecule has 0 aliphatic rings. The van der Waals surface area contributed by atoms with Crippen molar-refractivity contribution in [3.63, 3.8) is 0 Å². The number of benzene rings is 1. The Morgan fingerprint density at radius 1 is 1.33 bits per heavy atom. The number of nitro benzene ring substituents is 1. The van der Waals surface area contributed by atoms with Crippen LogP contribution in [0.5, 0.6) is 11.6 Å². The van der Waals surface area contributed by atoms with Crippen molar-refractivity contribution >= 4 is 28.9 Å². The van der Waals surface area contributed by atoms with Crippen LogP contribution in [0.4, 0.5) is 5.69 Å². The number of hydrogen-bond donors (Lipinski definition) is 0. The van der Waals surface area contributed by atoms with E-state index in [1.165, 1.54) is 24.5 Å². The molecule has 0 fully saturated rings. The predicted molar refractivity (Wildman–Crippen MR) is 79.2 cm³/mol. The van der Waals surface area contributed by atoms with Crippen LogP contribution in [0, 0.1) is 10.1 Å². The van der Waals surface area contributed by atoms with Gasteiger partial charge < -0.3 is 4.74 Å². The quantitative estimate of drug-likeness (QED) is 0.461. The molecular weight excluding hydrogens is 317 g/mol. The molecule has 0 radical (unpaired) electrons. The van der Waals surface area contributed by atoms with Gasteiger partial charge in [0, 0.05) is 6.07 Å². The van der Waals surface area contributed by atoms with Crippen molar-refractivity contribution in [1.82, 2.24) is 9.97 Å². The minimum atomic E-state index is -0.566. The molecule has 0 amide bonds. The number of ether oxygens (including phenoxy) is 1. The average molecular weight is 328 g/mol. The molecule has 8 heteroatoms. The molecule has 0 saturated carbocycles. The van der Waals surface area contributed by atoms with E-state index in [4.69, 9.17) is 27.9 Å². The van der Waals surface area contributed by atoms with E-state index in [1.54, 1.807) is 0 Å². The zero-order valence-electron chi connectivity index (χ0n) is 11.0. The molecule has 21 heavy (non-hydrogen) atoms. The molecule has 6 nitrogen and oxygen atoms in total. The van der Waals surface area contributed by atoms with Gasteiger partial charge >= 0.3 is 5.69 Å². The highest BCUT2D eigenvalue weighted by atomic mass is 35.5. The van der Waals surface area contributed by atoms with Crippen molar-refractivity contribution in [2.45, 2.75) is 19.8 Å². The number of aromatic nitrogens is 2. The number of hydrogen-bond acceptors (Lipinski definition) is 5. The molecule has 1 aromatic heterocycles. The highest BCUT2D eigenvalue weighted by Gasteiger charge is 2.21. The molecule has 1 heterocycles. The van der Waals surface area contributed by atoms with Crippen LogP contribution in [0.15, 0.2) is 24.5 Å². The maximum atomic E-state index is 11.0. The second-order valence-electron chi connectivity index (χ2n) is 4.15. The summed E-state index contributed by atoms with van der Waals surface area (Å²) in [5.74, 6) is 0.115. The van der Waals surface area contributed by atoms with Gasteiger partial charge in [0.1, 0.15) is 11.5 Å². The maximum absolute atomic E-state index is 11.0. The Hall–Kier alpha value is -1.92. The first-order chi connectivity index (χ1) is 10.0. The Morgan fingerprint density at radius 2 is 2.10 bits per heavy atom. The van der Waals surface area contributed by atoms with E-state index < -0.39 is 4.92 Å². The largest absolute Gasteiger partial charge is 0.430 e. The third-order valence-electron chi connectivity index (χ3n) is 2.69. The molecule has 0 bridgehead atoms. The van der Waals surface area contributed by atoms with Crippen LogP contribution in [0.2, 0.25) is 10.2 Å². The van der Waals surface area contributed by atoms with Gasteiger partial charge in [-0.05, 0) is 12.5 Å². The van der Waals surface area contributed by atoms with Crippen LogP contribution in [-0.2, 0) is 6.42 Å². The third kappa shape index (κ3) is 3.40. The smallest absolute Gasteiger partial charge is 0.313 e. The molecule has 0 saturated heterocycles. The monoisotopic (exact) mass is 327 g/mol. The topological polar surface area (TPSA) is 78.2 Å². The lowest BCUT2D eigenvalue weighted by molar-refractivity contribution is -0.385. The second-order valence-corrected chi connectivity index (χ2v) is 4.91. The van der Waals surface area contributed by atoms with Gasteiger partial charge in [-0.25, -0.2) is 9.97 Å². The van der Waals surface area contributed by atoms with Crippen molar-refractivity contribution < 1.29 is 9.66 Å². The zero-order valence-corrected chi connectivity index (χ0v) is 12.6. The molecule has 2 aromatic rings. The normalized spacial score (nSPS) is 10.4. The third-order valence-corrected chi connectivity index (χ3v) is 3.32. The van der Waals surface area contributed by atoms with Crippen molar-refractivity contribution in [1.29, 1.82) is 0 Å². The lowest BCUT2D eigenvalue weighted by Gasteiger charge is -2.11. The Labute approximate surface area is 130 Å². The van der Waals surface area contributed by atoms with Crippen molar-refractivity contribution in [3.05, 3.63) is 50.4 Å². The summed E-state index contributed by atoms with van der Waals surface area (Å²) in [4.78, 5) is 18.4. The molecule has 110 valence electrons. The van der Waals surface area contributed by atoms with Gasteiger partial charge in [-0.1, -0.05) is 42.6 Å². The Balaban J connectivity index is 2.48. The molecule has 0 atom stereocenters. The molecular formula is C13H11Cl2N3O3. The number of para-hydroxylation sites is 1. The summed E-state index contributed by atoms with van der Waals surface area (Å²) in [6.45, 7) is 1.96. The molecule has 0 spiro atoms. The van der Waals surface area contributed by atoms with Gasteiger partial charge in [0.15, 0.2) is 0 Å². The van der Waals surface area contributed by atoms with Gasteiger partial charge in [0.05, 0.1) is 15.5 Å². The van der Waals surface area contributed by atoms with Crippen LogP contribution in [0.3, 0.4) is 0 Å². The molecule has 0 N–H and O–H groups in total. The highest BCUT2D eigenvalue weighted by molar-refractivity contribution is 6.32. The summed E-state index contributed by atoms with van der Waals surface area (Å²) >= 11 is 12.0. The van der Waals surface area contributed by atoms with Gasteiger partial charge in [0.2, 0.25) is 11.6 Å². The molecule has 0 unspecified atom stereocenters. The first kappa shape index (κ1) is 15.5. The summed E-state index contributed by atoms with van der Waals surface area (Å²) in [7, 11) is 0. The fraction of sp³-hybridized carbons (Fsp3) is 0.231. The number of halogens is 2. The van der Waals surface area contributed by atoms with Gasteiger partial charge in [0.25, 0.3) is 0 Å². The minimum absolute atomic E-state index is 0.0590. The molecule has 0 aliphatic carbocycles. The van der Waals surface area contributed by atoms with Gasteiger partial charge in [-0.15, -0.1) is 0 Å². The van der Waals surface area contributed by atoms with E-state index in [2.05, 4.69) is 9.97 Å². The van der Waals surface area contributed by atoms with Crippen molar-refractivity contribution in [2.75, 3.05) is 0 Å². The van der Waals surface area contributed by atoms with Crippen molar-refractivity contribution in [2.24, 2.45) is 0 Å². The lowest BCUT2D eigenvalue weighted by atomic mass is 10.2. The number of nitro groups is 1. The Morgan fingerprint density at radius 3 is 2.76 bits per heavy atom. The van der Waals surface area contributed by atoms with Gasteiger partial charge in [-0.3, -0.25) is 10.1 Å². The average Bonchev–Trinajstić information content (AvgIpc) is 2.44. The lowest BCUT2D eigenvalue weighted by Crippen LogP contribution is -2.00. The van der Waals surface area contributed by atoms with Crippen LogP contribution < -0.4 is 4.74 Å². The first-order valence-corrected chi connectivity index (χ1v) is 6.90. The first-order valence-electron chi connectivity index (χ1n) is 6.14. The number of nitrogens with zero attached hydrogens (tertiary/aromatic N) is 3. The van der Waals surface area contributed by atoms with Crippen molar-refractivity contribution in [3.8, 4) is 11.6 Å². The molecule has 0 aliphatic heterocycles. The fourth-order valence-electron chi connectivity index (χ4n) is 1.76. The van der Waals surface area contributed by atoms with E-state index in [1.807, 2.05) is 6.92 Å². The fourth-order valence-corrected chi connectivity index (χ4v) is 2.19.